The Balaban J connectivity index is 2.26. The fourth-order valence-electron chi connectivity index (χ4n) is 4.15. The van der Waals surface area contributed by atoms with Gasteiger partial charge in [-0.1, -0.05) is 24.3 Å². The van der Waals surface area contributed by atoms with Crippen molar-refractivity contribution in [1.82, 2.24) is 0 Å². The van der Waals surface area contributed by atoms with E-state index in [9.17, 15) is 30.4 Å². The number of anilines is 1. The molecule has 2 aliphatic rings. The number of rotatable bonds is 6. The topological polar surface area (TPSA) is 40.4 Å². The highest BCUT2D eigenvalue weighted by molar-refractivity contribution is 7.97. The molecule has 1 aromatic rings. The van der Waals surface area contributed by atoms with Crippen LogP contribution in [0.3, 0.4) is 0 Å². The summed E-state index contributed by atoms with van der Waals surface area (Å²) in [7, 11) is 1.13. The number of hydrogen-bond acceptors (Lipinski definition) is 2. The van der Waals surface area contributed by atoms with Crippen LogP contribution in [0.4, 0.5) is 27.6 Å². The molecule has 11 heteroatoms. The fraction of sp³-hybridized carbons (Fsp3) is 0.435. The standard InChI is InChI=1S/C23H25BF5N2O2S/c1-5-8-16(10-7-12-21(3,25)26)34(32,33)31-17-11-6-9-15(2)19(17)20(31)30-14-23(24,29)13-18(30)22(4,27)28/h5-12,18H,13-14H2,1-4H3/q+1/b8-5-,12-7+,16-10+. The highest BCUT2D eigenvalue weighted by Gasteiger charge is 2.58. The molecule has 0 N–H and O–H groups in total. The second-order valence-electron chi connectivity index (χ2n) is 8.79. The van der Waals surface area contributed by atoms with E-state index in [0.29, 0.717) is 31.1 Å². The molecule has 1 saturated heterocycles. The summed E-state index contributed by atoms with van der Waals surface area (Å²) in [4.78, 5) is -0.349. The van der Waals surface area contributed by atoms with Gasteiger partial charge in [0.05, 0.1) is 0 Å². The average Bonchev–Trinajstić information content (AvgIpc) is 2.96. The molecule has 0 amide bonds. The summed E-state index contributed by atoms with van der Waals surface area (Å²) in [5.74, 6) is -6.67. The first-order chi connectivity index (χ1) is 15.5. The second-order valence-corrected chi connectivity index (χ2v) is 10.6. The lowest BCUT2D eigenvalue weighted by Gasteiger charge is -2.33. The van der Waals surface area contributed by atoms with E-state index in [-0.39, 0.29) is 16.4 Å². The lowest BCUT2D eigenvalue weighted by molar-refractivity contribution is -0.570. The number of benzene rings is 1. The molecule has 4 nitrogen and oxygen atoms in total. The SMILES string of the molecule is [B]C1(F)CC(C(C)(F)F)[N+](=C2c3c(C)cccc3N2S(=O)(=O)C(/C=C\C)=C/C=C/C(C)(F)F)C1. The van der Waals surface area contributed by atoms with Crippen molar-refractivity contribution in [2.45, 2.75) is 57.6 Å². The molecule has 2 heterocycles. The van der Waals surface area contributed by atoms with Crippen molar-refractivity contribution >= 4 is 29.4 Å². The van der Waals surface area contributed by atoms with E-state index >= 15 is 0 Å². The summed E-state index contributed by atoms with van der Waals surface area (Å²) in [5.41, 5.74) is -1.26. The van der Waals surface area contributed by atoms with E-state index in [1.54, 1.807) is 26.0 Å². The maximum Gasteiger partial charge on any atom is 0.335 e. The zero-order valence-corrected chi connectivity index (χ0v) is 20.0. The number of amidine groups is 1. The van der Waals surface area contributed by atoms with Crippen LogP contribution in [0.15, 0.2) is 53.5 Å². The Morgan fingerprint density at radius 2 is 1.91 bits per heavy atom. The molecule has 2 atom stereocenters. The molecule has 0 aliphatic carbocycles. The molecular weight excluding hydrogens is 474 g/mol. The van der Waals surface area contributed by atoms with Crippen molar-refractivity contribution < 1.29 is 34.9 Å². The van der Waals surface area contributed by atoms with Crippen molar-refractivity contribution in [3.63, 3.8) is 0 Å². The third-order valence-corrected chi connectivity index (χ3v) is 7.32. The van der Waals surface area contributed by atoms with E-state index in [1.165, 1.54) is 18.2 Å². The van der Waals surface area contributed by atoms with Crippen LogP contribution >= 0.6 is 0 Å². The molecule has 0 bridgehead atoms. The number of alkyl halides is 5. The maximum absolute atomic E-state index is 14.7. The van der Waals surface area contributed by atoms with Gasteiger partial charge in [-0.2, -0.15) is 8.42 Å². The predicted molar refractivity (Wildman–Crippen MR) is 123 cm³/mol. The van der Waals surface area contributed by atoms with Crippen molar-refractivity contribution in [2.24, 2.45) is 0 Å². The van der Waals surface area contributed by atoms with Gasteiger partial charge in [-0.05, 0) is 43.7 Å². The van der Waals surface area contributed by atoms with E-state index in [1.807, 2.05) is 0 Å². The molecule has 0 spiro atoms. The highest BCUT2D eigenvalue weighted by atomic mass is 32.2. The Bertz CT molecular complexity index is 1210. The maximum atomic E-state index is 14.7. The zero-order valence-electron chi connectivity index (χ0n) is 19.2. The smallest absolute Gasteiger partial charge is 0.251 e. The number of allylic oxidation sites excluding steroid dienone is 5. The minimum Gasteiger partial charge on any atom is -0.251 e. The lowest BCUT2D eigenvalue weighted by atomic mass is 9.81. The van der Waals surface area contributed by atoms with E-state index in [2.05, 4.69) is 0 Å². The van der Waals surface area contributed by atoms with Crippen LogP contribution in [0.1, 0.15) is 38.3 Å². The summed E-state index contributed by atoms with van der Waals surface area (Å²) in [6.07, 6.45) is 4.36. The van der Waals surface area contributed by atoms with Crippen molar-refractivity contribution in [2.75, 3.05) is 10.8 Å². The molecule has 0 saturated carbocycles. The minimum atomic E-state index is -4.44. The first kappa shape index (κ1) is 26.2. The first-order valence-corrected chi connectivity index (χ1v) is 12.0. The Morgan fingerprint density at radius 3 is 2.47 bits per heavy atom. The van der Waals surface area contributed by atoms with Gasteiger partial charge < -0.3 is 0 Å². The third kappa shape index (κ3) is 4.99. The largest absolute Gasteiger partial charge is 0.335 e. The second kappa shape index (κ2) is 8.66. The van der Waals surface area contributed by atoms with Crippen LogP contribution < -0.4 is 4.31 Å². The van der Waals surface area contributed by atoms with Crippen molar-refractivity contribution in [1.29, 1.82) is 0 Å². The van der Waals surface area contributed by atoms with Gasteiger partial charge in [0.15, 0.2) is 11.7 Å². The van der Waals surface area contributed by atoms with Gasteiger partial charge in [-0.3, -0.25) is 4.39 Å². The minimum absolute atomic E-state index is 0.121. The Hall–Kier alpha value is -2.43. The summed E-state index contributed by atoms with van der Waals surface area (Å²) in [5, 5.41) is 0. The van der Waals surface area contributed by atoms with E-state index < -0.39 is 46.4 Å². The van der Waals surface area contributed by atoms with Crippen molar-refractivity contribution in [3.05, 3.63) is 64.6 Å². The monoisotopic (exact) mass is 499 g/mol. The number of hydrogen-bond donors (Lipinski definition) is 0. The number of nitrogens with zero attached hydrogens (tertiary/aromatic N) is 2. The Morgan fingerprint density at radius 1 is 1.26 bits per heavy atom. The summed E-state index contributed by atoms with van der Waals surface area (Å²) in [6, 6.07) is 3.09. The fourth-order valence-corrected chi connectivity index (χ4v) is 5.76. The average molecular weight is 499 g/mol. The van der Waals surface area contributed by atoms with Crippen LogP contribution in [0.2, 0.25) is 0 Å². The van der Waals surface area contributed by atoms with Crippen LogP contribution in [0, 0.1) is 6.92 Å². The van der Waals surface area contributed by atoms with E-state index in [0.717, 1.165) is 21.0 Å². The van der Waals surface area contributed by atoms with Gasteiger partial charge in [0.25, 0.3) is 11.8 Å². The molecule has 2 radical (unpaired) electrons. The molecule has 2 aliphatic heterocycles. The Labute approximate surface area is 197 Å². The molecular formula is C23H25BF5N2O2S+. The van der Waals surface area contributed by atoms with E-state index in [4.69, 9.17) is 7.85 Å². The normalized spacial score (nSPS) is 26.4. The molecule has 3 rings (SSSR count). The van der Waals surface area contributed by atoms with Crippen LogP contribution in [0.5, 0.6) is 0 Å². The molecule has 2 unspecified atom stereocenters. The van der Waals surface area contributed by atoms with Crippen LogP contribution in [-0.2, 0) is 10.0 Å². The molecule has 182 valence electrons. The molecule has 1 fully saturated rings. The number of sulfonamides is 1. The lowest BCUT2D eigenvalue weighted by Crippen LogP contribution is -2.54. The predicted octanol–water partition coefficient (Wildman–Crippen LogP) is 4.84. The third-order valence-electron chi connectivity index (χ3n) is 5.60. The van der Waals surface area contributed by atoms with Gasteiger partial charge in [-0.15, -0.1) is 4.31 Å². The van der Waals surface area contributed by atoms with Gasteiger partial charge in [-0.25, -0.2) is 22.1 Å². The van der Waals surface area contributed by atoms with Gasteiger partial charge in [0.1, 0.15) is 30.4 Å². The van der Waals surface area contributed by atoms with Gasteiger partial charge >= 0.3 is 15.9 Å². The quantitative estimate of drug-likeness (QED) is 0.243. The number of aryl methyl sites for hydroxylation is 1. The molecule has 34 heavy (non-hydrogen) atoms. The summed E-state index contributed by atoms with van der Waals surface area (Å²) in [6.45, 7) is 3.86. The summed E-state index contributed by atoms with van der Waals surface area (Å²) >= 11 is 0. The zero-order chi connectivity index (χ0) is 25.7. The van der Waals surface area contributed by atoms with Gasteiger partial charge in [0.2, 0.25) is 0 Å². The number of fused-ring (bicyclic) bond motifs is 1. The number of halogens is 5. The molecule has 1 aromatic carbocycles. The molecule has 0 aromatic heterocycles. The Kier molecular flexibility index (Phi) is 6.67. The summed E-state index contributed by atoms with van der Waals surface area (Å²) < 4.78 is 99.2. The van der Waals surface area contributed by atoms with Crippen LogP contribution in [0.25, 0.3) is 0 Å². The van der Waals surface area contributed by atoms with Crippen molar-refractivity contribution in [3.8, 4) is 0 Å². The van der Waals surface area contributed by atoms with Gasteiger partial charge in [0, 0.05) is 20.3 Å². The van der Waals surface area contributed by atoms with Crippen LogP contribution in [-0.4, -0.2) is 56.7 Å². The first-order valence-electron chi connectivity index (χ1n) is 10.5. The highest BCUT2D eigenvalue weighted by Crippen LogP contribution is 2.43.